The van der Waals surface area contributed by atoms with E-state index >= 15 is 0 Å². The van der Waals surface area contributed by atoms with Crippen LogP contribution in [-0.4, -0.2) is 18.1 Å². The third-order valence-corrected chi connectivity index (χ3v) is 3.84. The fourth-order valence-electron chi connectivity index (χ4n) is 1.44. The monoisotopic (exact) mass is 200 g/mol. The molecule has 2 heteroatoms. The number of rotatable bonds is 4. The van der Waals surface area contributed by atoms with Crippen LogP contribution < -0.4 is 0 Å². The van der Waals surface area contributed by atoms with Crippen LogP contribution in [0.2, 0.25) is 0 Å². The van der Waals surface area contributed by atoms with E-state index in [1.807, 2.05) is 6.26 Å². The van der Waals surface area contributed by atoms with Gasteiger partial charge in [-0.1, -0.05) is 6.92 Å². The third kappa shape index (κ3) is 4.08. The first kappa shape index (κ1) is 11.0. The average molecular weight is 200 g/mol. The number of allylic oxidation sites excluding steroid dienone is 1. The normalized spacial score (nSPS) is 27.3. The Kier molecular flexibility index (Phi) is 4.17. The van der Waals surface area contributed by atoms with Crippen molar-refractivity contribution < 1.29 is 4.74 Å². The Morgan fingerprint density at radius 2 is 2.31 bits per heavy atom. The van der Waals surface area contributed by atoms with Crippen molar-refractivity contribution in [1.82, 2.24) is 0 Å². The summed E-state index contributed by atoms with van der Waals surface area (Å²) >= 11 is 2.07. The van der Waals surface area contributed by atoms with Gasteiger partial charge in [0.1, 0.15) is 0 Å². The van der Waals surface area contributed by atoms with Gasteiger partial charge in [-0.3, -0.25) is 0 Å². The van der Waals surface area contributed by atoms with Crippen LogP contribution in [0.5, 0.6) is 0 Å². The molecule has 1 atom stereocenters. The predicted molar refractivity (Wildman–Crippen MR) is 60.0 cm³/mol. The van der Waals surface area contributed by atoms with Crippen LogP contribution >= 0.6 is 11.8 Å². The molecule has 0 saturated carbocycles. The molecule has 0 radical (unpaired) electrons. The summed E-state index contributed by atoms with van der Waals surface area (Å²) in [6.07, 6.45) is 4.42. The van der Waals surface area contributed by atoms with E-state index in [0.29, 0.717) is 5.41 Å². The minimum absolute atomic E-state index is 0.542. The SMILES string of the molecule is CC(C)=COCCC1(C)CCSC1. The molecule has 1 unspecified atom stereocenters. The van der Waals surface area contributed by atoms with Crippen LogP contribution in [0.1, 0.15) is 33.6 Å². The average Bonchev–Trinajstić information content (AvgIpc) is 2.47. The summed E-state index contributed by atoms with van der Waals surface area (Å²) in [5.41, 5.74) is 1.78. The Labute approximate surface area is 85.9 Å². The third-order valence-electron chi connectivity index (χ3n) is 2.44. The van der Waals surface area contributed by atoms with Crippen LogP contribution in [-0.2, 0) is 4.74 Å². The molecule has 0 aliphatic carbocycles. The number of thioether (sulfide) groups is 1. The van der Waals surface area contributed by atoms with E-state index in [2.05, 4.69) is 32.5 Å². The van der Waals surface area contributed by atoms with E-state index in [9.17, 15) is 0 Å². The molecule has 0 amide bonds. The van der Waals surface area contributed by atoms with Crippen molar-refractivity contribution >= 4 is 11.8 Å². The maximum Gasteiger partial charge on any atom is 0.0878 e. The van der Waals surface area contributed by atoms with Crippen molar-refractivity contribution in [2.45, 2.75) is 33.6 Å². The van der Waals surface area contributed by atoms with Crippen LogP contribution in [0.4, 0.5) is 0 Å². The second-order valence-corrected chi connectivity index (χ2v) is 5.53. The zero-order chi connectivity index (χ0) is 9.73. The van der Waals surface area contributed by atoms with Crippen LogP contribution in [0.15, 0.2) is 11.8 Å². The maximum absolute atomic E-state index is 5.45. The van der Waals surface area contributed by atoms with Gasteiger partial charge in [-0.25, -0.2) is 0 Å². The lowest BCUT2D eigenvalue weighted by Crippen LogP contribution is -2.17. The molecule has 0 aromatic carbocycles. The minimum Gasteiger partial charge on any atom is -0.501 e. The minimum atomic E-state index is 0.542. The molecule has 0 aromatic heterocycles. The standard InChI is InChI=1S/C11H20OS/c1-10(2)8-12-6-4-11(3)5-7-13-9-11/h8H,4-7,9H2,1-3H3. The molecule has 0 N–H and O–H groups in total. The van der Waals surface area contributed by atoms with E-state index in [1.165, 1.54) is 29.9 Å². The summed E-state index contributed by atoms with van der Waals surface area (Å²) in [5.74, 6) is 2.64. The summed E-state index contributed by atoms with van der Waals surface area (Å²) in [4.78, 5) is 0. The molecule has 1 rings (SSSR count). The summed E-state index contributed by atoms with van der Waals surface area (Å²) in [7, 11) is 0. The molecular formula is C11H20OS. The lowest BCUT2D eigenvalue weighted by Gasteiger charge is -2.21. The molecule has 0 spiro atoms. The van der Waals surface area contributed by atoms with Gasteiger partial charge in [0.05, 0.1) is 12.9 Å². The molecular weight excluding hydrogens is 180 g/mol. The zero-order valence-corrected chi connectivity index (χ0v) is 9.75. The van der Waals surface area contributed by atoms with Gasteiger partial charge in [0.25, 0.3) is 0 Å². The molecule has 1 heterocycles. The molecule has 13 heavy (non-hydrogen) atoms. The quantitative estimate of drug-likeness (QED) is 0.508. The first-order chi connectivity index (χ1) is 6.12. The lowest BCUT2D eigenvalue weighted by atomic mass is 9.87. The first-order valence-electron chi connectivity index (χ1n) is 4.95. The first-order valence-corrected chi connectivity index (χ1v) is 6.11. The van der Waals surface area contributed by atoms with Crippen molar-refractivity contribution in [3.63, 3.8) is 0 Å². The Bertz CT molecular complexity index is 177. The van der Waals surface area contributed by atoms with Crippen molar-refractivity contribution in [3.8, 4) is 0 Å². The fourth-order valence-corrected chi connectivity index (χ4v) is 3.00. The Balaban J connectivity index is 2.15. The second kappa shape index (κ2) is 4.94. The Morgan fingerprint density at radius 3 is 2.85 bits per heavy atom. The molecule has 1 fully saturated rings. The molecule has 1 aliphatic heterocycles. The fraction of sp³-hybridized carbons (Fsp3) is 0.818. The summed E-state index contributed by atoms with van der Waals surface area (Å²) in [6.45, 7) is 7.38. The van der Waals surface area contributed by atoms with Crippen LogP contribution in [0.25, 0.3) is 0 Å². The summed E-state index contributed by atoms with van der Waals surface area (Å²) < 4.78 is 5.45. The van der Waals surface area contributed by atoms with Gasteiger partial charge in [-0.15, -0.1) is 0 Å². The largest absolute Gasteiger partial charge is 0.501 e. The van der Waals surface area contributed by atoms with Gasteiger partial charge < -0.3 is 4.74 Å². The van der Waals surface area contributed by atoms with Gasteiger partial charge in [-0.05, 0) is 49.2 Å². The van der Waals surface area contributed by atoms with E-state index < -0.39 is 0 Å². The summed E-state index contributed by atoms with van der Waals surface area (Å²) in [5, 5.41) is 0. The number of hydrogen-bond acceptors (Lipinski definition) is 2. The lowest BCUT2D eigenvalue weighted by molar-refractivity contribution is 0.189. The van der Waals surface area contributed by atoms with E-state index in [1.54, 1.807) is 0 Å². The molecule has 1 aliphatic rings. The van der Waals surface area contributed by atoms with Gasteiger partial charge in [0.2, 0.25) is 0 Å². The van der Waals surface area contributed by atoms with Gasteiger partial charge in [0, 0.05) is 0 Å². The topological polar surface area (TPSA) is 9.23 Å². The van der Waals surface area contributed by atoms with Gasteiger partial charge >= 0.3 is 0 Å². The van der Waals surface area contributed by atoms with Gasteiger partial charge in [-0.2, -0.15) is 11.8 Å². The molecule has 1 nitrogen and oxygen atoms in total. The van der Waals surface area contributed by atoms with Gasteiger partial charge in [0.15, 0.2) is 0 Å². The zero-order valence-electron chi connectivity index (χ0n) is 8.93. The summed E-state index contributed by atoms with van der Waals surface area (Å²) in [6, 6.07) is 0. The molecule has 0 aromatic rings. The van der Waals surface area contributed by atoms with Crippen molar-refractivity contribution in [2.75, 3.05) is 18.1 Å². The number of hydrogen-bond donors (Lipinski definition) is 0. The highest BCUT2D eigenvalue weighted by atomic mass is 32.2. The highest BCUT2D eigenvalue weighted by molar-refractivity contribution is 7.99. The highest BCUT2D eigenvalue weighted by Crippen LogP contribution is 2.38. The van der Waals surface area contributed by atoms with Crippen molar-refractivity contribution in [1.29, 1.82) is 0 Å². The Morgan fingerprint density at radius 1 is 1.54 bits per heavy atom. The maximum atomic E-state index is 5.45. The van der Waals surface area contributed by atoms with E-state index in [4.69, 9.17) is 4.74 Å². The van der Waals surface area contributed by atoms with E-state index in [-0.39, 0.29) is 0 Å². The molecule has 76 valence electrons. The van der Waals surface area contributed by atoms with Crippen molar-refractivity contribution in [2.24, 2.45) is 5.41 Å². The molecule has 0 bridgehead atoms. The van der Waals surface area contributed by atoms with Crippen molar-refractivity contribution in [3.05, 3.63) is 11.8 Å². The van der Waals surface area contributed by atoms with E-state index in [0.717, 1.165) is 6.61 Å². The molecule has 1 saturated heterocycles. The second-order valence-electron chi connectivity index (χ2n) is 4.43. The smallest absolute Gasteiger partial charge is 0.0878 e. The Hall–Kier alpha value is -0.110. The number of ether oxygens (including phenoxy) is 1. The predicted octanol–water partition coefficient (Wildman–Crippen LogP) is 3.46. The highest BCUT2D eigenvalue weighted by Gasteiger charge is 2.28. The van der Waals surface area contributed by atoms with Crippen LogP contribution in [0.3, 0.4) is 0 Å². The van der Waals surface area contributed by atoms with Crippen LogP contribution in [0, 0.1) is 5.41 Å².